The van der Waals surface area contributed by atoms with Gasteiger partial charge in [0.05, 0.1) is 11.0 Å². The van der Waals surface area contributed by atoms with E-state index in [4.69, 9.17) is 0 Å². The molecule has 8 nitrogen and oxygen atoms in total. The second-order valence-corrected chi connectivity index (χ2v) is 11.8. The van der Waals surface area contributed by atoms with Gasteiger partial charge in [-0.3, -0.25) is 14.4 Å². The number of fused-ring (bicyclic) bond motifs is 2. The summed E-state index contributed by atoms with van der Waals surface area (Å²) >= 11 is 0. The summed E-state index contributed by atoms with van der Waals surface area (Å²) in [6.45, 7) is 7.14. The van der Waals surface area contributed by atoms with Crippen LogP contribution >= 0.6 is 0 Å². The van der Waals surface area contributed by atoms with Crippen molar-refractivity contribution in [2.45, 2.75) is 77.0 Å². The predicted octanol–water partition coefficient (Wildman–Crippen LogP) is 5.87. The molecule has 220 valence electrons. The van der Waals surface area contributed by atoms with Crippen LogP contribution in [0.2, 0.25) is 0 Å². The number of nitrogens with zero attached hydrogens (tertiary/aromatic N) is 2. The van der Waals surface area contributed by atoms with E-state index in [9.17, 15) is 14.4 Å². The smallest absolute Gasteiger partial charge is 0.224 e. The molecule has 0 atom stereocenters. The highest BCUT2D eigenvalue weighted by Gasteiger charge is 2.13. The van der Waals surface area contributed by atoms with Crippen LogP contribution in [0.25, 0.3) is 21.8 Å². The van der Waals surface area contributed by atoms with Crippen LogP contribution in [0.5, 0.6) is 0 Å². The molecule has 0 saturated carbocycles. The number of hydrogen-bond acceptors (Lipinski definition) is 5. The number of H-pyrrole nitrogens is 1. The molecular weight excluding hydrogens is 514 g/mol. The first-order valence-electron chi connectivity index (χ1n) is 15.7. The van der Waals surface area contributed by atoms with Gasteiger partial charge in [-0.2, -0.15) is 0 Å². The SMILES string of the molecule is O=C(CCCCCN1CCCC1)Nc1ccc2c(=O)c3ccc(NC(=O)CCCCCN4CCCC4)cc3[nH]c2c1. The third kappa shape index (κ3) is 8.39. The first kappa shape index (κ1) is 29.3. The van der Waals surface area contributed by atoms with Gasteiger partial charge in [-0.1, -0.05) is 12.8 Å². The second-order valence-electron chi connectivity index (χ2n) is 11.8. The number of rotatable bonds is 14. The number of amides is 2. The fourth-order valence-corrected chi connectivity index (χ4v) is 6.19. The summed E-state index contributed by atoms with van der Waals surface area (Å²) in [5.74, 6) is -0.00981. The first-order chi connectivity index (χ1) is 20.0. The van der Waals surface area contributed by atoms with E-state index < -0.39 is 0 Å². The van der Waals surface area contributed by atoms with Crippen LogP contribution in [-0.4, -0.2) is 65.9 Å². The Hall–Kier alpha value is -3.23. The van der Waals surface area contributed by atoms with Crippen molar-refractivity contribution in [3.05, 3.63) is 46.6 Å². The number of aromatic nitrogens is 1. The largest absolute Gasteiger partial charge is 0.354 e. The van der Waals surface area contributed by atoms with Crippen LogP contribution in [0.1, 0.15) is 77.0 Å². The number of nitrogens with one attached hydrogen (secondary N) is 3. The molecule has 3 heterocycles. The van der Waals surface area contributed by atoms with E-state index in [0.29, 0.717) is 46.0 Å². The second kappa shape index (κ2) is 14.6. The minimum atomic E-state index is -0.0690. The van der Waals surface area contributed by atoms with Gasteiger partial charge in [-0.15, -0.1) is 0 Å². The Kier molecular flexibility index (Phi) is 10.4. The highest BCUT2D eigenvalue weighted by Crippen LogP contribution is 2.22. The van der Waals surface area contributed by atoms with Gasteiger partial charge in [0, 0.05) is 35.0 Å². The Morgan fingerprint density at radius 1 is 0.634 bits per heavy atom. The summed E-state index contributed by atoms with van der Waals surface area (Å²) < 4.78 is 0. The molecule has 0 aliphatic carbocycles. The third-order valence-corrected chi connectivity index (χ3v) is 8.52. The van der Waals surface area contributed by atoms with Gasteiger partial charge in [0.15, 0.2) is 5.43 Å². The lowest BCUT2D eigenvalue weighted by Gasteiger charge is -2.13. The van der Waals surface area contributed by atoms with Crippen molar-refractivity contribution in [3.8, 4) is 0 Å². The lowest BCUT2D eigenvalue weighted by Crippen LogP contribution is -2.20. The highest BCUT2D eigenvalue weighted by atomic mass is 16.2. The van der Waals surface area contributed by atoms with Gasteiger partial charge >= 0.3 is 0 Å². The van der Waals surface area contributed by atoms with Crippen LogP contribution in [0.3, 0.4) is 0 Å². The molecular formula is C33H45N5O3. The Bertz CT molecular complexity index is 1290. The number of pyridine rings is 1. The standard InChI is InChI=1S/C33H45N5O3/c39-31(11-3-1-5-17-37-19-7-8-20-37)34-25-13-15-27-29(23-25)36-30-24-26(14-16-28(30)33(27)41)35-32(40)12-4-2-6-18-38-21-9-10-22-38/h13-16,23-24H,1-12,17-22H2,(H,34,39)(H,35,40)(H,36,41). The molecule has 3 aromatic rings. The number of unbranched alkanes of at least 4 members (excludes halogenated alkanes) is 4. The Morgan fingerprint density at radius 2 is 1.07 bits per heavy atom. The molecule has 0 unspecified atom stereocenters. The lowest BCUT2D eigenvalue weighted by molar-refractivity contribution is -0.117. The van der Waals surface area contributed by atoms with Crippen LogP contribution < -0.4 is 16.1 Å². The van der Waals surface area contributed by atoms with Crippen molar-refractivity contribution in [1.82, 2.24) is 14.8 Å². The van der Waals surface area contributed by atoms with Gasteiger partial charge < -0.3 is 25.4 Å². The van der Waals surface area contributed by atoms with Crippen molar-refractivity contribution >= 4 is 45.0 Å². The number of carbonyl (C=O) groups excluding carboxylic acids is 2. The van der Waals surface area contributed by atoms with Crippen molar-refractivity contribution < 1.29 is 9.59 Å². The monoisotopic (exact) mass is 559 g/mol. The van der Waals surface area contributed by atoms with Crippen LogP contribution in [0, 0.1) is 0 Å². The molecule has 0 spiro atoms. The number of hydrogen-bond donors (Lipinski definition) is 3. The minimum Gasteiger partial charge on any atom is -0.354 e. The van der Waals surface area contributed by atoms with Crippen LogP contribution in [0.15, 0.2) is 41.2 Å². The van der Waals surface area contributed by atoms with Gasteiger partial charge in [0.25, 0.3) is 0 Å². The van der Waals surface area contributed by atoms with Crippen molar-refractivity contribution in [3.63, 3.8) is 0 Å². The molecule has 41 heavy (non-hydrogen) atoms. The average Bonchev–Trinajstić information content (AvgIpc) is 3.67. The van der Waals surface area contributed by atoms with E-state index in [0.717, 1.165) is 51.6 Å². The molecule has 5 rings (SSSR count). The van der Waals surface area contributed by atoms with E-state index in [1.54, 1.807) is 24.3 Å². The van der Waals surface area contributed by atoms with Gasteiger partial charge in [0.1, 0.15) is 0 Å². The molecule has 2 aromatic carbocycles. The molecule has 0 bridgehead atoms. The van der Waals surface area contributed by atoms with E-state index in [1.807, 2.05) is 12.1 Å². The quantitative estimate of drug-likeness (QED) is 0.170. The van der Waals surface area contributed by atoms with E-state index in [-0.39, 0.29) is 17.2 Å². The fraction of sp³-hybridized carbons (Fsp3) is 0.545. The number of benzene rings is 2. The summed E-state index contributed by atoms with van der Waals surface area (Å²) in [4.78, 5) is 46.6. The third-order valence-electron chi connectivity index (χ3n) is 8.52. The topological polar surface area (TPSA) is 97.5 Å². The minimum absolute atomic E-state index is 0.00491. The van der Waals surface area contributed by atoms with Gasteiger partial charge in [-0.25, -0.2) is 0 Å². The highest BCUT2D eigenvalue weighted by molar-refractivity contribution is 5.99. The molecule has 2 aliphatic heterocycles. The molecule has 2 aliphatic rings. The van der Waals surface area contributed by atoms with E-state index >= 15 is 0 Å². The van der Waals surface area contributed by atoms with Crippen molar-refractivity contribution in [2.24, 2.45) is 0 Å². The molecule has 2 fully saturated rings. The maximum atomic E-state index is 13.1. The molecule has 0 radical (unpaired) electrons. The maximum absolute atomic E-state index is 13.1. The van der Waals surface area contributed by atoms with E-state index in [1.165, 1.54) is 51.9 Å². The Labute approximate surface area is 242 Å². The summed E-state index contributed by atoms with van der Waals surface area (Å²) in [6, 6.07) is 10.7. The molecule has 2 saturated heterocycles. The van der Waals surface area contributed by atoms with Crippen LogP contribution in [-0.2, 0) is 9.59 Å². The zero-order chi connectivity index (χ0) is 28.4. The molecule has 2 amide bonds. The summed E-state index contributed by atoms with van der Waals surface area (Å²) in [7, 11) is 0. The van der Waals surface area contributed by atoms with Crippen molar-refractivity contribution in [1.29, 1.82) is 0 Å². The zero-order valence-corrected chi connectivity index (χ0v) is 24.3. The van der Waals surface area contributed by atoms with E-state index in [2.05, 4.69) is 25.4 Å². The molecule has 1 aromatic heterocycles. The Balaban J connectivity index is 1.12. The summed E-state index contributed by atoms with van der Waals surface area (Å²) in [5, 5.41) is 7.11. The van der Waals surface area contributed by atoms with Gasteiger partial charge in [0.2, 0.25) is 11.8 Å². The summed E-state index contributed by atoms with van der Waals surface area (Å²) in [6.07, 6.45) is 12.4. The Morgan fingerprint density at radius 3 is 1.51 bits per heavy atom. The number of anilines is 2. The summed E-state index contributed by atoms with van der Waals surface area (Å²) in [5.41, 5.74) is 2.59. The predicted molar refractivity (Wildman–Crippen MR) is 168 cm³/mol. The average molecular weight is 560 g/mol. The normalized spacial score (nSPS) is 16.1. The maximum Gasteiger partial charge on any atom is 0.224 e. The number of aromatic amines is 1. The molecule has 8 heteroatoms. The number of carbonyl (C=O) groups is 2. The van der Waals surface area contributed by atoms with Crippen LogP contribution in [0.4, 0.5) is 11.4 Å². The lowest BCUT2D eigenvalue weighted by atomic mass is 10.1. The fourth-order valence-electron chi connectivity index (χ4n) is 6.19. The zero-order valence-electron chi connectivity index (χ0n) is 24.3. The molecule has 3 N–H and O–H groups in total. The number of likely N-dealkylation sites (tertiary alicyclic amines) is 2. The first-order valence-corrected chi connectivity index (χ1v) is 15.7. The van der Waals surface area contributed by atoms with Gasteiger partial charge in [-0.05, 0) is 127 Å². The van der Waals surface area contributed by atoms with Crippen molar-refractivity contribution in [2.75, 3.05) is 49.9 Å².